The molecule has 1 aromatic rings. The number of benzene rings is 1. The van der Waals surface area contributed by atoms with Crippen LogP contribution in [0.2, 0.25) is 0 Å². The number of rotatable bonds is 5. The maximum absolute atomic E-state index is 12.4. The molecule has 1 aromatic carbocycles. The minimum Gasteiger partial charge on any atom is -0.332 e. The summed E-state index contributed by atoms with van der Waals surface area (Å²) in [6, 6.07) is 5.58. The molecule has 0 unspecified atom stereocenters. The molecule has 3 nitrogen and oxygen atoms in total. The molecule has 1 amide bonds. The van der Waals surface area contributed by atoms with Gasteiger partial charge in [-0.3, -0.25) is 4.79 Å². The number of hydrogen-bond acceptors (Lipinski definition) is 2. The third kappa shape index (κ3) is 5.21. The van der Waals surface area contributed by atoms with Crippen molar-refractivity contribution in [2.75, 3.05) is 19.6 Å². The van der Waals surface area contributed by atoms with Gasteiger partial charge in [-0.25, -0.2) is 0 Å². The Balaban J connectivity index is 2.82. The summed E-state index contributed by atoms with van der Waals surface area (Å²) < 4.78 is 37.3. The van der Waals surface area contributed by atoms with Crippen LogP contribution in [0.15, 0.2) is 18.2 Å². The summed E-state index contributed by atoms with van der Waals surface area (Å²) in [7, 11) is 0. The van der Waals surface area contributed by atoms with E-state index in [0.29, 0.717) is 0 Å². The van der Waals surface area contributed by atoms with Gasteiger partial charge in [-0.2, -0.15) is 13.2 Å². The highest BCUT2D eigenvalue weighted by molar-refractivity contribution is 5.79. The third-order valence-electron chi connectivity index (χ3n) is 2.97. The normalized spacial score (nSPS) is 11.5. The van der Waals surface area contributed by atoms with Crippen LogP contribution in [0.3, 0.4) is 0 Å². The van der Waals surface area contributed by atoms with E-state index in [2.05, 4.69) is 0 Å². The molecule has 20 heavy (non-hydrogen) atoms. The summed E-state index contributed by atoms with van der Waals surface area (Å²) in [4.78, 5) is 12.8. The number of hydrogen-bond donors (Lipinski definition) is 1. The fourth-order valence-electron chi connectivity index (χ4n) is 1.93. The topological polar surface area (TPSA) is 46.3 Å². The number of nitrogens with two attached hydrogens (primary N) is 1. The third-order valence-corrected chi connectivity index (χ3v) is 2.97. The maximum Gasteiger partial charge on any atom is 0.406 e. The van der Waals surface area contributed by atoms with Gasteiger partial charge < -0.3 is 10.6 Å². The second-order valence-electron chi connectivity index (χ2n) is 4.83. The molecule has 0 heterocycles. The van der Waals surface area contributed by atoms with E-state index in [0.717, 1.165) is 21.6 Å². The van der Waals surface area contributed by atoms with Gasteiger partial charge in [-0.1, -0.05) is 23.8 Å². The lowest BCUT2D eigenvalue weighted by Gasteiger charge is -2.23. The molecule has 112 valence electrons. The first kappa shape index (κ1) is 16.5. The molecule has 0 atom stereocenters. The van der Waals surface area contributed by atoms with E-state index in [9.17, 15) is 18.0 Å². The summed E-state index contributed by atoms with van der Waals surface area (Å²) in [5.74, 6) is -0.554. The van der Waals surface area contributed by atoms with Crippen LogP contribution in [0.4, 0.5) is 13.2 Å². The van der Waals surface area contributed by atoms with Crippen LogP contribution in [0.1, 0.15) is 16.7 Å². The zero-order valence-corrected chi connectivity index (χ0v) is 11.6. The molecule has 0 aromatic heterocycles. The predicted molar refractivity (Wildman–Crippen MR) is 71.3 cm³/mol. The Morgan fingerprint density at radius 1 is 1.30 bits per heavy atom. The van der Waals surface area contributed by atoms with Crippen molar-refractivity contribution in [1.82, 2.24) is 4.90 Å². The van der Waals surface area contributed by atoms with E-state index in [4.69, 9.17) is 5.73 Å². The molecule has 0 spiro atoms. The first-order chi connectivity index (χ1) is 9.23. The number of alkyl halides is 3. The number of aryl methyl sites for hydroxylation is 2. The second-order valence-corrected chi connectivity index (χ2v) is 4.83. The fraction of sp³-hybridized carbons (Fsp3) is 0.500. The minimum absolute atomic E-state index is 0.00855. The lowest BCUT2D eigenvalue weighted by Crippen LogP contribution is -2.42. The lowest BCUT2D eigenvalue weighted by molar-refractivity contribution is -0.160. The predicted octanol–water partition coefficient (Wildman–Crippen LogP) is 2.20. The van der Waals surface area contributed by atoms with Crippen molar-refractivity contribution in [3.8, 4) is 0 Å². The highest BCUT2D eigenvalue weighted by Gasteiger charge is 2.32. The Morgan fingerprint density at radius 2 is 1.95 bits per heavy atom. The van der Waals surface area contributed by atoms with E-state index in [1.807, 2.05) is 32.0 Å². The van der Waals surface area contributed by atoms with Crippen LogP contribution >= 0.6 is 0 Å². The summed E-state index contributed by atoms with van der Waals surface area (Å²) >= 11 is 0. The summed E-state index contributed by atoms with van der Waals surface area (Å²) in [6.07, 6.45) is -4.45. The quantitative estimate of drug-likeness (QED) is 0.903. The monoisotopic (exact) mass is 288 g/mol. The summed E-state index contributed by atoms with van der Waals surface area (Å²) in [6.45, 7) is 2.37. The van der Waals surface area contributed by atoms with E-state index in [1.54, 1.807) is 0 Å². The average Bonchev–Trinajstić information content (AvgIpc) is 2.31. The highest BCUT2D eigenvalue weighted by Crippen LogP contribution is 2.18. The minimum atomic E-state index is -4.41. The van der Waals surface area contributed by atoms with Gasteiger partial charge in [-0.15, -0.1) is 0 Å². The van der Waals surface area contributed by atoms with Gasteiger partial charge in [0.1, 0.15) is 6.54 Å². The Labute approximate surface area is 116 Å². The SMILES string of the molecule is Cc1ccc(C)c(CC(=O)N(CCN)CC(F)(F)F)c1. The molecule has 0 aliphatic rings. The van der Waals surface area contributed by atoms with Gasteiger partial charge in [-0.05, 0) is 25.0 Å². The molecule has 0 fully saturated rings. The second kappa shape index (κ2) is 6.74. The molecule has 0 radical (unpaired) electrons. The van der Waals surface area contributed by atoms with E-state index in [1.165, 1.54) is 0 Å². The number of carbonyl (C=O) groups excluding carboxylic acids is 1. The van der Waals surface area contributed by atoms with Crippen LogP contribution in [0.25, 0.3) is 0 Å². The molecule has 0 bridgehead atoms. The molecule has 6 heteroatoms. The number of carbonyl (C=O) groups is 1. The van der Waals surface area contributed by atoms with Gasteiger partial charge in [0.15, 0.2) is 0 Å². The van der Waals surface area contributed by atoms with E-state index in [-0.39, 0.29) is 19.5 Å². The molecule has 0 aliphatic carbocycles. The summed E-state index contributed by atoms with van der Waals surface area (Å²) in [5, 5.41) is 0. The highest BCUT2D eigenvalue weighted by atomic mass is 19.4. The number of halogens is 3. The van der Waals surface area contributed by atoms with Crippen molar-refractivity contribution in [2.24, 2.45) is 5.73 Å². The van der Waals surface area contributed by atoms with Gasteiger partial charge >= 0.3 is 6.18 Å². The van der Waals surface area contributed by atoms with Gasteiger partial charge in [0.2, 0.25) is 5.91 Å². The van der Waals surface area contributed by atoms with Crippen molar-refractivity contribution in [1.29, 1.82) is 0 Å². The van der Waals surface area contributed by atoms with Crippen molar-refractivity contribution in [3.05, 3.63) is 34.9 Å². The van der Waals surface area contributed by atoms with Crippen LogP contribution in [-0.2, 0) is 11.2 Å². The van der Waals surface area contributed by atoms with Gasteiger partial charge in [0.05, 0.1) is 6.42 Å². The fourth-order valence-corrected chi connectivity index (χ4v) is 1.93. The van der Waals surface area contributed by atoms with Crippen molar-refractivity contribution < 1.29 is 18.0 Å². The molecule has 0 saturated carbocycles. The smallest absolute Gasteiger partial charge is 0.332 e. The van der Waals surface area contributed by atoms with Crippen molar-refractivity contribution >= 4 is 5.91 Å². The Kier molecular flexibility index (Phi) is 5.56. The first-order valence-electron chi connectivity index (χ1n) is 6.33. The number of nitrogens with zero attached hydrogens (tertiary/aromatic N) is 1. The molecule has 0 saturated heterocycles. The number of amides is 1. The molecular weight excluding hydrogens is 269 g/mol. The van der Waals surface area contributed by atoms with Gasteiger partial charge in [0, 0.05) is 13.1 Å². The van der Waals surface area contributed by atoms with Crippen molar-refractivity contribution in [3.63, 3.8) is 0 Å². The van der Waals surface area contributed by atoms with Crippen LogP contribution in [0.5, 0.6) is 0 Å². The lowest BCUT2D eigenvalue weighted by atomic mass is 10.0. The van der Waals surface area contributed by atoms with Crippen molar-refractivity contribution in [2.45, 2.75) is 26.4 Å². The van der Waals surface area contributed by atoms with Crippen LogP contribution in [-0.4, -0.2) is 36.6 Å². The average molecular weight is 288 g/mol. The van der Waals surface area contributed by atoms with E-state index >= 15 is 0 Å². The zero-order valence-electron chi connectivity index (χ0n) is 11.6. The summed E-state index contributed by atoms with van der Waals surface area (Å²) in [5.41, 5.74) is 7.89. The standard InChI is InChI=1S/C14H19F3N2O/c1-10-3-4-11(2)12(7-10)8-13(20)19(6-5-18)9-14(15,16)17/h3-4,7H,5-6,8-9,18H2,1-2H3. The van der Waals surface area contributed by atoms with Crippen LogP contribution < -0.4 is 5.73 Å². The molecular formula is C14H19F3N2O. The van der Waals surface area contributed by atoms with Crippen LogP contribution in [0, 0.1) is 13.8 Å². The molecule has 2 N–H and O–H groups in total. The van der Waals surface area contributed by atoms with E-state index < -0.39 is 18.6 Å². The Hall–Kier alpha value is -1.56. The Bertz CT molecular complexity index is 472. The maximum atomic E-state index is 12.4. The largest absolute Gasteiger partial charge is 0.406 e. The molecule has 0 aliphatic heterocycles. The van der Waals surface area contributed by atoms with Gasteiger partial charge in [0.25, 0.3) is 0 Å². The first-order valence-corrected chi connectivity index (χ1v) is 6.33. The molecule has 1 rings (SSSR count). The Morgan fingerprint density at radius 3 is 2.50 bits per heavy atom. The zero-order chi connectivity index (χ0) is 15.3.